The van der Waals surface area contributed by atoms with Gasteiger partial charge in [0.05, 0.1) is 50.3 Å². The number of rotatable bonds is 11. The van der Waals surface area contributed by atoms with Gasteiger partial charge in [0, 0.05) is 24.2 Å². The van der Waals surface area contributed by atoms with Gasteiger partial charge in [-0.15, -0.1) is 0 Å². The molecule has 0 saturated carbocycles. The van der Waals surface area contributed by atoms with Gasteiger partial charge >= 0.3 is 24.5 Å². The van der Waals surface area contributed by atoms with E-state index in [1.807, 2.05) is 0 Å². The van der Waals surface area contributed by atoms with Gasteiger partial charge in [-0.1, -0.05) is 26.2 Å². The summed E-state index contributed by atoms with van der Waals surface area (Å²) in [4.78, 5) is 28.7. The lowest BCUT2D eigenvalue weighted by Crippen LogP contribution is -2.47. The molecule has 0 N–H and O–H groups in total. The molecular formula is C31H38F6N2O6. The second kappa shape index (κ2) is 15.0. The summed E-state index contributed by atoms with van der Waals surface area (Å²) in [6.45, 7) is 5.17. The van der Waals surface area contributed by atoms with Crippen LogP contribution in [0.25, 0.3) is 0 Å². The molecule has 1 aliphatic rings. The lowest BCUT2D eigenvalue weighted by molar-refractivity contribution is -0.143. The SMILES string of the molecule is CCCCCCOc1cc2c(cc1OC)C(N(Cc1cc(C(F)(F)F)cc(C(F)(F)F)c1)C(=O)OC)CC(C)N2C(=O)OCC. The normalized spacial score (nSPS) is 16.6. The third kappa shape index (κ3) is 8.66. The largest absolute Gasteiger partial charge is 0.493 e. The van der Waals surface area contributed by atoms with Gasteiger partial charge in [0.2, 0.25) is 0 Å². The van der Waals surface area contributed by atoms with Crippen LogP contribution in [0.1, 0.15) is 81.2 Å². The third-order valence-corrected chi connectivity index (χ3v) is 7.44. The number of fused-ring (bicyclic) bond motifs is 1. The Morgan fingerprint density at radius 3 is 2.09 bits per heavy atom. The van der Waals surface area contributed by atoms with Crippen molar-refractivity contribution in [2.24, 2.45) is 0 Å². The number of unbranched alkanes of at least 4 members (excludes halogenated alkanes) is 3. The van der Waals surface area contributed by atoms with Crippen molar-refractivity contribution in [2.45, 2.75) is 83.9 Å². The van der Waals surface area contributed by atoms with Crippen molar-refractivity contribution in [1.82, 2.24) is 4.90 Å². The van der Waals surface area contributed by atoms with Crippen molar-refractivity contribution in [3.05, 3.63) is 52.6 Å². The third-order valence-electron chi connectivity index (χ3n) is 7.44. The van der Waals surface area contributed by atoms with Crippen LogP contribution >= 0.6 is 0 Å². The monoisotopic (exact) mass is 648 g/mol. The van der Waals surface area contributed by atoms with E-state index in [1.165, 1.54) is 12.0 Å². The quantitative estimate of drug-likeness (QED) is 0.179. The molecule has 0 saturated heterocycles. The Balaban J connectivity index is 2.16. The fourth-order valence-corrected chi connectivity index (χ4v) is 5.31. The highest BCUT2D eigenvalue weighted by atomic mass is 19.4. The van der Waals surface area contributed by atoms with E-state index in [0.717, 1.165) is 37.7 Å². The van der Waals surface area contributed by atoms with Crippen LogP contribution < -0.4 is 14.4 Å². The highest BCUT2D eigenvalue weighted by Crippen LogP contribution is 2.47. The van der Waals surface area contributed by atoms with Crippen LogP contribution in [0.2, 0.25) is 0 Å². The molecule has 250 valence electrons. The second-order valence-electron chi connectivity index (χ2n) is 10.7. The van der Waals surface area contributed by atoms with Gasteiger partial charge in [-0.05, 0) is 56.5 Å². The van der Waals surface area contributed by atoms with Crippen LogP contribution in [0.3, 0.4) is 0 Å². The van der Waals surface area contributed by atoms with Gasteiger partial charge in [0.25, 0.3) is 0 Å². The number of carbonyl (C=O) groups is 2. The van der Waals surface area contributed by atoms with E-state index >= 15 is 0 Å². The van der Waals surface area contributed by atoms with Crippen LogP contribution in [0, 0.1) is 0 Å². The van der Waals surface area contributed by atoms with Crippen LogP contribution in [0.15, 0.2) is 30.3 Å². The molecular weight excluding hydrogens is 610 g/mol. The Bertz CT molecular complexity index is 1300. The van der Waals surface area contributed by atoms with Crippen LogP contribution in [0.4, 0.5) is 41.6 Å². The lowest BCUT2D eigenvalue weighted by atomic mass is 9.90. The summed E-state index contributed by atoms with van der Waals surface area (Å²) in [5, 5.41) is 0. The maximum absolute atomic E-state index is 13.6. The molecule has 1 aliphatic heterocycles. The molecule has 2 atom stereocenters. The first-order valence-corrected chi connectivity index (χ1v) is 14.6. The Morgan fingerprint density at radius 2 is 1.56 bits per heavy atom. The summed E-state index contributed by atoms with van der Waals surface area (Å²) in [5.41, 5.74) is -2.81. The van der Waals surface area contributed by atoms with Gasteiger partial charge < -0.3 is 18.9 Å². The van der Waals surface area contributed by atoms with Gasteiger partial charge in [0.15, 0.2) is 11.5 Å². The Morgan fingerprint density at radius 1 is 0.911 bits per heavy atom. The minimum Gasteiger partial charge on any atom is -0.493 e. The predicted molar refractivity (Wildman–Crippen MR) is 153 cm³/mol. The van der Waals surface area contributed by atoms with Gasteiger partial charge in [-0.3, -0.25) is 9.80 Å². The topological polar surface area (TPSA) is 77.5 Å². The first-order chi connectivity index (χ1) is 21.2. The minimum atomic E-state index is -5.07. The molecule has 0 aromatic heterocycles. The summed E-state index contributed by atoms with van der Waals surface area (Å²) in [6, 6.07) is 2.70. The first-order valence-electron chi connectivity index (χ1n) is 14.6. The Labute approximate surface area is 258 Å². The number of halogens is 6. The van der Waals surface area contributed by atoms with Crippen molar-refractivity contribution < 1.29 is 54.9 Å². The van der Waals surface area contributed by atoms with Gasteiger partial charge in [-0.25, -0.2) is 9.59 Å². The van der Waals surface area contributed by atoms with Gasteiger partial charge in [0.1, 0.15) is 0 Å². The zero-order valence-electron chi connectivity index (χ0n) is 25.8. The van der Waals surface area contributed by atoms with Crippen molar-refractivity contribution >= 4 is 17.9 Å². The van der Waals surface area contributed by atoms with Crippen molar-refractivity contribution in [3.8, 4) is 11.5 Å². The molecule has 1 heterocycles. The van der Waals surface area contributed by atoms with E-state index in [2.05, 4.69) is 6.92 Å². The Hall–Kier alpha value is -3.84. The molecule has 0 fully saturated rings. The van der Waals surface area contributed by atoms with Crippen LogP contribution in [0.5, 0.6) is 11.5 Å². The van der Waals surface area contributed by atoms with E-state index < -0.39 is 59.9 Å². The predicted octanol–water partition coefficient (Wildman–Crippen LogP) is 8.76. The molecule has 0 spiro atoms. The van der Waals surface area contributed by atoms with E-state index in [-0.39, 0.29) is 30.5 Å². The number of alkyl halides is 6. The molecule has 3 rings (SSSR count). The zero-order chi connectivity index (χ0) is 33.5. The molecule has 2 aromatic carbocycles. The minimum absolute atomic E-state index is 0.0236. The smallest absolute Gasteiger partial charge is 0.416 e. The maximum Gasteiger partial charge on any atom is 0.416 e. The number of nitrogens with zero attached hydrogens (tertiary/aromatic N) is 2. The lowest BCUT2D eigenvalue weighted by Gasteiger charge is -2.42. The number of benzene rings is 2. The summed E-state index contributed by atoms with van der Waals surface area (Å²) >= 11 is 0. The molecule has 2 aromatic rings. The second-order valence-corrected chi connectivity index (χ2v) is 10.7. The number of ether oxygens (including phenoxy) is 4. The highest BCUT2D eigenvalue weighted by Gasteiger charge is 2.42. The number of anilines is 1. The standard InChI is InChI=1S/C31H38F6N2O6/c1-6-8-9-10-11-45-27-17-25-23(16-26(27)42-4)24(12-19(3)39(25)29(41)44-7-2)38(28(40)43-5)18-20-13-21(30(32,33)34)15-22(14-20)31(35,36)37/h13-17,19,24H,6-12,18H2,1-5H3. The number of amides is 2. The fourth-order valence-electron chi connectivity index (χ4n) is 5.31. The summed E-state index contributed by atoms with van der Waals surface area (Å²) in [6.07, 6.45) is -8.00. The highest BCUT2D eigenvalue weighted by molar-refractivity contribution is 5.91. The average molecular weight is 649 g/mol. The number of hydrogen-bond acceptors (Lipinski definition) is 6. The Kier molecular flexibility index (Phi) is 11.8. The fraction of sp³-hybridized carbons (Fsp3) is 0.548. The molecule has 2 unspecified atom stereocenters. The summed E-state index contributed by atoms with van der Waals surface area (Å²) in [7, 11) is 2.45. The molecule has 14 heteroatoms. The maximum atomic E-state index is 13.6. The van der Waals surface area contributed by atoms with Crippen molar-refractivity contribution in [3.63, 3.8) is 0 Å². The molecule has 0 radical (unpaired) electrons. The first kappa shape index (κ1) is 35.6. The van der Waals surface area contributed by atoms with Crippen molar-refractivity contribution in [2.75, 3.05) is 32.3 Å². The summed E-state index contributed by atoms with van der Waals surface area (Å²) in [5.74, 6) is 0.572. The molecule has 0 bridgehead atoms. The molecule has 2 amide bonds. The van der Waals surface area contributed by atoms with E-state index in [9.17, 15) is 35.9 Å². The van der Waals surface area contributed by atoms with Gasteiger partial charge in [-0.2, -0.15) is 26.3 Å². The average Bonchev–Trinajstić information content (AvgIpc) is 2.97. The molecule has 45 heavy (non-hydrogen) atoms. The number of carbonyl (C=O) groups excluding carboxylic acids is 2. The number of hydrogen-bond donors (Lipinski definition) is 0. The zero-order valence-corrected chi connectivity index (χ0v) is 25.8. The molecule has 8 nitrogen and oxygen atoms in total. The van der Waals surface area contributed by atoms with Crippen LogP contribution in [-0.2, 0) is 28.4 Å². The van der Waals surface area contributed by atoms with Crippen LogP contribution in [-0.4, -0.2) is 50.6 Å². The van der Waals surface area contributed by atoms with E-state index in [4.69, 9.17) is 18.9 Å². The van der Waals surface area contributed by atoms with E-state index in [0.29, 0.717) is 30.1 Å². The summed E-state index contributed by atoms with van der Waals surface area (Å²) < 4.78 is 103. The molecule has 0 aliphatic carbocycles. The number of methoxy groups -OCH3 is 2. The van der Waals surface area contributed by atoms with E-state index in [1.54, 1.807) is 26.0 Å². The van der Waals surface area contributed by atoms with Crippen molar-refractivity contribution in [1.29, 1.82) is 0 Å².